The van der Waals surface area contributed by atoms with Crippen LogP contribution in [0.1, 0.15) is 50.5 Å². The fourth-order valence-corrected chi connectivity index (χ4v) is 2.72. The van der Waals surface area contributed by atoms with Crippen LogP contribution in [-0.2, 0) is 0 Å². The van der Waals surface area contributed by atoms with E-state index >= 15 is 0 Å². The maximum Gasteiger partial charge on any atom is 0.122 e. The highest BCUT2D eigenvalue weighted by Gasteiger charge is 2.22. The first-order chi connectivity index (χ1) is 8.31. The molecule has 0 bridgehead atoms. The van der Waals surface area contributed by atoms with Crippen molar-refractivity contribution in [3.05, 3.63) is 29.8 Å². The summed E-state index contributed by atoms with van der Waals surface area (Å²) in [5.41, 5.74) is 1.27. The zero-order chi connectivity index (χ0) is 12.1. The Morgan fingerprint density at radius 1 is 1.24 bits per heavy atom. The quantitative estimate of drug-likeness (QED) is 0.811. The summed E-state index contributed by atoms with van der Waals surface area (Å²) < 4.78 is 5.68. The summed E-state index contributed by atoms with van der Waals surface area (Å²) >= 11 is 0. The minimum Gasteiger partial charge on any atom is -0.494 e. The van der Waals surface area contributed by atoms with E-state index in [4.69, 9.17) is 4.74 Å². The van der Waals surface area contributed by atoms with Crippen molar-refractivity contribution in [1.29, 1.82) is 0 Å². The number of hydrogen-bond acceptors (Lipinski definition) is 2. The largest absolute Gasteiger partial charge is 0.494 e. The smallest absolute Gasteiger partial charge is 0.122 e. The van der Waals surface area contributed by atoms with Crippen LogP contribution in [0.2, 0.25) is 0 Å². The lowest BCUT2D eigenvalue weighted by molar-refractivity contribution is 0.151. The lowest BCUT2D eigenvalue weighted by atomic mass is 9.90. The first-order valence-corrected chi connectivity index (χ1v) is 6.71. The second-order valence-corrected chi connectivity index (χ2v) is 4.84. The zero-order valence-electron chi connectivity index (χ0n) is 10.6. The molecular formula is C15H22O2. The molecule has 0 saturated heterocycles. The molecular weight excluding hydrogens is 212 g/mol. The van der Waals surface area contributed by atoms with E-state index in [0.29, 0.717) is 12.5 Å². The van der Waals surface area contributed by atoms with Gasteiger partial charge >= 0.3 is 0 Å². The summed E-state index contributed by atoms with van der Waals surface area (Å²) in [4.78, 5) is 0. The fraction of sp³-hybridized carbons (Fsp3) is 0.600. The molecule has 1 saturated carbocycles. The van der Waals surface area contributed by atoms with Gasteiger partial charge in [0.15, 0.2) is 0 Å². The molecule has 0 radical (unpaired) electrons. The van der Waals surface area contributed by atoms with Gasteiger partial charge in [-0.15, -0.1) is 0 Å². The third kappa shape index (κ3) is 3.22. The van der Waals surface area contributed by atoms with Gasteiger partial charge in [-0.1, -0.05) is 31.0 Å². The fourth-order valence-electron chi connectivity index (χ4n) is 2.72. The highest BCUT2D eigenvalue weighted by molar-refractivity contribution is 5.36. The Morgan fingerprint density at radius 2 is 2.00 bits per heavy atom. The molecule has 0 aliphatic heterocycles. The third-order valence-electron chi connectivity index (χ3n) is 3.56. The molecule has 1 aliphatic rings. The van der Waals surface area contributed by atoms with Crippen LogP contribution >= 0.6 is 0 Å². The molecule has 94 valence electrons. The maximum atomic E-state index is 9.90. The summed E-state index contributed by atoms with van der Waals surface area (Å²) in [6.45, 7) is 2.71. The molecule has 1 N–H and O–H groups in total. The molecule has 17 heavy (non-hydrogen) atoms. The Kier molecular flexibility index (Phi) is 4.43. The Labute approximate surface area is 104 Å². The molecule has 2 unspecified atom stereocenters. The molecule has 0 aromatic heterocycles. The van der Waals surface area contributed by atoms with Crippen LogP contribution in [-0.4, -0.2) is 17.8 Å². The standard InChI is InChI=1S/C15H22O2/c1-2-17-15-10-6-5-9-14(15)12-7-3-4-8-13(16)11-12/h5-6,9-10,12-13,16H,2-4,7-8,11H2,1H3. The lowest BCUT2D eigenvalue weighted by Crippen LogP contribution is -2.10. The normalized spacial score (nSPS) is 25.3. The number of aliphatic hydroxyl groups is 1. The number of rotatable bonds is 3. The molecule has 1 aliphatic carbocycles. The van der Waals surface area contributed by atoms with E-state index in [9.17, 15) is 5.11 Å². The van der Waals surface area contributed by atoms with E-state index in [0.717, 1.165) is 25.0 Å². The summed E-state index contributed by atoms with van der Waals surface area (Å²) in [5, 5.41) is 9.90. The van der Waals surface area contributed by atoms with Crippen LogP contribution in [0, 0.1) is 0 Å². The monoisotopic (exact) mass is 234 g/mol. The van der Waals surface area contributed by atoms with Crippen LogP contribution in [0.3, 0.4) is 0 Å². The highest BCUT2D eigenvalue weighted by Crippen LogP contribution is 2.36. The van der Waals surface area contributed by atoms with Gasteiger partial charge in [0.1, 0.15) is 5.75 Å². The number of aliphatic hydroxyl groups excluding tert-OH is 1. The van der Waals surface area contributed by atoms with Gasteiger partial charge in [0.05, 0.1) is 12.7 Å². The van der Waals surface area contributed by atoms with Gasteiger partial charge in [-0.3, -0.25) is 0 Å². The van der Waals surface area contributed by atoms with Crippen molar-refractivity contribution >= 4 is 0 Å². The van der Waals surface area contributed by atoms with Gasteiger partial charge in [0.25, 0.3) is 0 Å². The molecule has 2 heteroatoms. The molecule has 0 spiro atoms. The van der Waals surface area contributed by atoms with E-state index < -0.39 is 0 Å². The molecule has 0 heterocycles. The van der Waals surface area contributed by atoms with E-state index in [1.165, 1.54) is 18.4 Å². The van der Waals surface area contributed by atoms with Crippen LogP contribution < -0.4 is 4.74 Å². The average Bonchev–Trinajstić information content (AvgIpc) is 2.55. The molecule has 1 aromatic carbocycles. The maximum absolute atomic E-state index is 9.90. The Morgan fingerprint density at radius 3 is 2.82 bits per heavy atom. The van der Waals surface area contributed by atoms with Gasteiger partial charge in [-0.05, 0) is 43.7 Å². The van der Waals surface area contributed by atoms with Gasteiger partial charge in [-0.2, -0.15) is 0 Å². The highest BCUT2D eigenvalue weighted by atomic mass is 16.5. The van der Waals surface area contributed by atoms with Crippen molar-refractivity contribution in [2.45, 2.75) is 51.0 Å². The van der Waals surface area contributed by atoms with E-state index in [2.05, 4.69) is 12.1 Å². The summed E-state index contributed by atoms with van der Waals surface area (Å²) in [5.74, 6) is 1.45. The van der Waals surface area contributed by atoms with Gasteiger partial charge in [-0.25, -0.2) is 0 Å². The minimum atomic E-state index is -0.141. The van der Waals surface area contributed by atoms with Crippen LogP contribution in [0.25, 0.3) is 0 Å². The average molecular weight is 234 g/mol. The zero-order valence-corrected chi connectivity index (χ0v) is 10.6. The molecule has 2 rings (SSSR count). The first kappa shape index (κ1) is 12.4. The number of para-hydroxylation sites is 1. The van der Waals surface area contributed by atoms with Crippen molar-refractivity contribution in [1.82, 2.24) is 0 Å². The predicted octanol–water partition coefficient (Wildman–Crippen LogP) is 3.49. The van der Waals surface area contributed by atoms with E-state index in [1.54, 1.807) is 0 Å². The van der Waals surface area contributed by atoms with Crippen LogP contribution in [0.5, 0.6) is 5.75 Å². The van der Waals surface area contributed by atoms with Gasteiger partial charge in [0.2, 0.25) is 0 Å². The molecule has 1 aromatic rings. The molecule has 2 atom stereocenters. The summed E-state index contributed by atoms with van der Waals surface area (Å²) in [7, 11) is 0. The Balaban J connectivity index is 2.19. The van der Waals surface area contributed by atoms with E-state index in [-0.39, 0.29) is 6.10 Å². The Hall–Kier alpha value is -1.02. The van der Waals surface area contributed by atoms with Crippen LogP contribution in [0.15, 0.2) is 24.3 Å². The van der Waals surface area contributed by atoms with Gasteiger partial charge < -0.3 is 9.84 Å². The topological polar surface area (TPSA) is 29.5 Å². The van der Waals surface area contributed by atoms with Gasteiger partial charge in [0, 0.05) is 0 Å². The van der Waals surface area contributed by atoms with E-state index in [1.807, 2.05) is 19.1 Å². The molecule has 0 amide bonds. The Bertz CT molecular complexity index is 349. The van der Waals surface area contributed by atoms with Crippen molar-refractivity contribution in [2.24, 2.45) is 0 Å². The first-order valence-electron chi connectivity index (χ1n) is 6.71. The number of hydrogen-bond donors (Lipinski definition) is 1. The van der Waals surface area contributed by atoms with Crippen molar-refractivity contribution in [3.63, 3.8) is 0 Å². The predicted molar refractivity (Wildman–Crippen MR) is 69.4 cm³/mol. The molecule has 2 nitrogen and oxygen atoms in total. The van der Waals surface area contributed by atoms with Crippen LogP contribution in [0.4, 0.5) is 0 Å². The summed E-state index contributed by atoms with van der Waals surface area (Å²) in [6, 6.07) is 8.26. The number of benzene rings is 1. The molecule has 1 fully saturated rings. The number of ether oxygens (including phenoxy) is 1. The minimum absolute atomic E-state index is 0.141. The SMILES string of the molecule is CCOc1ccccc1C1CCCCC(O)C1. The van der Waals surface area contributed by atoms with Crippen molar-refractivity contribution in [3.8, 4) is 5.75 Å². The second kappa shape index (κ2) is 6.06. The third-order valence-corrected chi connectivity index (χ3v) is 3.56. The van der Waals surface area contributed by atoms with Crippen molar-refractivity contribution in [2.75, 3.05) is 6.61 Å². The van der Waals surface area contributed by atoms with Crippen molar-refractivity contribution < 1.29 is 9.84 Å². The second-order valence-electron chi connectivity index (χ2n) is 4.84. The summed E-state index contributed by atoms with van der Waals surface area (Å²) in [6.07, 6.45) is 5.21. The lowest BCUT2D eigenvalue weighted by Gasteiger charge is -2.20.